The van der Waals surface area contributed by atoms with Gasteiger partial charge >= 0.3 is 111 Å². The monoisotopic (exact) mass is 195 g/mol. The zero-order valence-corrected chi connectivity index (χ0v) is 12.0. The summed E-state index contributed by atoms with van der Waals surface area (Å²) in [4.78, 5) is 21.6. The number of rotatable bonds is 0. The summed E-state index contributed by atoms with van der Waals surface area (Å²) in [7, 11) is -4.64. The van der Waals surface area contributed by atoms with Gasteiger partial charge in [0.1, 0.15) is 0 Å². The fourth-order valence-electron chi connectivity index (χ4n) is 0. The van der Waals surface area contributed by atoms with Crippen molar-refractivity contribution in [2.75, 3.05) is 0 Å². The van der Waals surface area contributed by atoms with Gasteiger partial charge in [-0.05, 0) is 0 Å². The molecule has 0 fully saturated rings. The van der Waals surface area contributed by atoms with Crippen LogP contribution in [0.15, 0.2) is 0 Å². The van der Waals surface area contributed by atoms with Crippen LogP contribution in [0.3, 0.4) is 0 Å². The molecule has 0 aromatic carbocycles. The summed E-state index contributed by atoms with van der Waals surface area (Å²) in [5.41, 5.74) is 0. The Bertz CT molecular complexity index is 67.4. The number of hydrogen-bond acceptors (Lipinski definition) is 2. The Morgan fingerprint density at radius 2 is 1.12 bits per heavy atom. The first-order chi connectivity index (χ1) is 2.00. The van der Waals surface area contributed by atoms with E-state index in [1.54, 1.807) is 0 Å². The van der Waals surface area contributed by atoms with Crippen LogP contribution in [0.2, 0.25) is 0 Å². The number of hydrogen-bond donors (Lipinski definition) is 4. The molecule has 0 radical (unpaired) electrons. The van der Waals surface area contributed by atoms with Crippen LogP contribution in [0, 0.1) is 0 Å². The zero-order chi connectivity index (χ0) is 4.50. The van der Waals surface area contributed by atoms with E-state index in [1.807, 2.05) is 0 Å². The molecule has 0 saturated heterocycles. The van der Waals surface area contributed by atoms with Crippen LogP contribution in [0.4, 0.5) is 0 Å². The Balaban J connectivity index is -0.00000000800. The first-order valence-corrected chi connectivity index (χ1v) is 2.35. The van der Waals surface area contributed by atoms with Crippen molar-refractivity contribution in [2.45, 2.75) is 0 Å². The minimum absolute atomic E-state index is 0. The van der Waals surface area contributed by atoms with Crippen molar-refractivity contribution in [3.8, 4) is 0 Å². The van der Waals surface area contributed by atoms with Crippen LogP contribution in [-0.4, -0.2) is 14.7 Å². The third-order valence-electron chi connectivity index (χ3n) is 0. The SMILES string of the molecule is N.O=P(O)(O)O.[H-].[H-].[K+].[K+]. The summed E-state index contributed by atoms with van der Waals surface area (Å²) in [6, 6.07) is 0. The van der Waals surface area contributed by atoms with E-state index in [4.69, 9.17) is 19.2 Å². The van der Waals surface area contributed by atoms with E-state index in [0.717, 1.165) is 0 Å². The largest absolute Gasteiger partial charge is 1.00 e. The molecule has 44 valence electrons. The Hall–Kier alpha value is 3.34. The zero-order valence-electron chi connectivity index (χ0n) is 6.90. The van der Waals surface area contributed by atoms with E-state index in [2.05, 4.69) is 0 Å². The van der Waals surface area contributed by atoms with Crippen LogP contribution in [0.5, 0.6) is 0 Å². The van der Waals surface area contributed by atoms with Crippen molar-refractivity contribution in [3.05, 3.63) is 0 Å². The molecule has 0 aliphatic heterocycles. The van der Waals surface area contributed by atoms with Gasteiger partial charge in [-0.3, -0.25) is 0 Å². The second-order valence-electron chi connectivity index (χ2n) is 0.513. The molecule has 0 bridgehead atoms. The smallest absolute Gasteiger partial charge is 1.00 e. The summed E-state index contributed by atoms with van der Waals surface area (Å²) in [5.74, 6) is 0. The van der Waals surface area contributed by atoms with Gasteiger partial charge in [0.2, 0.25) is 0 Å². The molecule has 6 N–H and O–H groups in total. The van der Waals surface area contributed by atoms with Gasteiger partial charge < -0.3 is 23.7 Å². The maximum atomic E-state index is 8.88. The van der Waals surface area contributed by atoms with Gasteiger partial charge in [0.05, 0.1) is 0 Å². The second kappa shape index (κ2) is 10.3. The Kier molecular flexibility index (Phi) is 29.1. The van der Waals surface area contributed by atoms with E-state index in [1.165, 1.54) is 0 Å². The number of phosphoric acid groups is 1. The molecule has 0 aliphatic carbocycles. The minimum Gasteiger partial charge on any atom is -1.00 e. The molecule has 8 heteroatoms. The van der Waals surface area contributed by atoms with Crippen LogP contribution >= 0.6 is 7.82 Å². The van der Waals surface area contributed by atoms with Crippen molar-refractivity contribution in [3.63, 3.8) is 0 Å². The maximum absolute atomic E-state index is 8.88. The molecular formula is H8K2NO4P. The average molecular weight is 195 g/mol. The molecule has 0 rings (SSSR count). The predicted octanol–water partition coefficient (Wildman–Crippen LogP) is -6.53. The Morgan fingerprint density at radius 1 is 1.12 bits per heavy atom. The van der Waals surface area contributed by atoms with Crippen molar-refractivity contribution in [1.29, 1.82) is 0 Å². The molecule has 0 spiro atoms. The van der Waals surface area contributed by atoms with Gasteiger partial charge in [-0.1, -0.05) is 0 Å². The Morgan fingerprint density at radius 3 is 1.12 bits per heavy atom. The van der Waals surface area contributed by atoms with E-state index in [0.29, 0.717) is 0 Å². The van der Waals surface area contributed by atoms with Crippen LogP contribution in [0.25, 0.3) is 0 Å². The van der Waals surface area contributed by atoms with E-state index in [9.17, 15) is 0 Å². The molecule has 0 heterocycles. The molecule has 0 aromatic heterocycles. The third-order valence-corrected chi connectivity index (χ3v) is 0. The molecule has 0 aliphatic rings. The van der Waals surface area contributed by atoms with Crippen molar-refractivity contribution < 1.29 is 125 Å². The first-order valence-electron chi connectivity index (χ1n) is 0.783. The fourth-order valence-corrected chi connectivity index (χ4v) is 0. The minimum atomic E-state index is -4.64. The molecule has 0 atom stereocenters. The molecule has 5 nitrogen and oxygen atoms in total. The van der Waals surface area contributed by atoms with Gasteiger partial charge in [0, 0.05) is 0 Å². The van der Waals surface area contributed by atoms with Crippen LogP contribution in [0.1, 0.15) is 2.85 Å². The second-order valence-corrected chi connectivity index (χ2v) is 1.54. The average Bonchev–Trinajstić information content (AvgIpc) is 0.722. The summed E-state index contributed by atoms with van der Waals surface area (Å²) in [6.07, 6.45) is 0. The molecular weight excluding hydrogens is 187 g/mol. The summed E-state index contributed by atoms with van der Waals surface area (Å²) >= 11 is 0. The van der Waals surface area contributed by atoms with Gasteiger partial charge in [-0.25, -0.2) is 4.57 Å². The molecule has 0 amide bonds. The first kappa shape index (κ1) is 22.5. The maximum Gasteiger partial charge on any atom is 1.00 e. The fraction of sp³-hybridized carbons (Fsp3) is 0. The van der Waals surface area contributed by atoms with Crippen LogP contribution in [-0.2, 0) is 4.57 Å². The van der Waals surface area contributed by atoms with Gasteiger partial charge in [0.25, 0.3) is 0 Å². The molecule has 0 unspecified atom stereocenters. The van der Waals surface area contributed by atoms with Gasteiger partial charge in [-0.2, -0.15) is 0 Å². The normalized spacial score (nSPS) is 7.38. The predicted molar refractivity (Wildman–Crippen MR) is 21.5 cm³/mol. The standard InChI is InChI=1S/2K.H3N.H3O4P.2H/c;;;1-5(2,3)4;;/h;;1H3;(H3,1,2,3,4);;/q2*+1;;;2*-1. The van der Waals surface area contributed by atoms with Crippen molar-refractivity contribution >= 4 is 7.82 Å². The topological polar surface area (TPSA) is 113 Å². The quantitative estimate of drug-likeness (QED) is 0.227. The van der Waals surface area contributed by atoms with E-state index < -0.39 is 7.82 Å². The summed E-state index contributed by atoms with van der Waals surface area (Å²) in [5, 5.41) is 0. The summed E-state index contributed by atoms with van der Waals surface area (Å²) < 4.78 is 8.88. The van der Waals surface area contributed by atoms with Crippen LogP contribution < -0.4 is 109 Å². The molecule has 0 aromatic rings. The molecule has 8 heavy (non-hydrogen) atoms. The van der Waals surface area contributed by atoms with Gasteiger partial charge in [0.15, 0.2) is 0 Å². The molecule has 0 saturated carbocycles. The third kappa shape index (κ3) is 58.2. The van der Waals surface area contributed by atoms with E-state index in [-0.39, 0.29) is 112 Å². The van der Waals surface area contributed by atoms with E-state index >= 15 is 0 Å². The Labute approximate surface area is 135 Å². The van der Waals surface area contributed by atoms with Crippen molar-refractivity contribution in [1.82, 2.24) is 6.15 Å². The van der Waals surface area contributed by atoms with Crippen molar-refractivity contribution in [2.24, 2.45) is 0 Å². The van der Waals surface area contributed by atoms with Gasteiger partial charge in [-0.15, -0.1) is 0 Å². The summed E-state index contributed by atoms with van der Waals surface area (Å²) in [6.45, 7) is 0.